The first-order valence-electron chi connectivity index (χ1n) is 22.0. The molecule has 4 nitrogen and oxygen atoms in total. The first-order chi connectivity index (χ1) is 26.2. The fourth-order valence-electron chi connectivity index (χ4n) is 5.98. The summed E-state index contributed by atoms with van der Waals surface area (Å²) in [7, 11) is 0. The Hall–Kier alpha value is -2.69. The minimum absolute atomic E-state index is 0.0882. The number of amides is 1. The van der Waals surface area contributed by atoms with Crippen molar-refractivity contribution in [1.82, 2.24) is 5.32 Å². The molecule has 0 aliphatic carbocycles. The monoisotopic (exact) mass is 734 g/mol. The van der Waals surface area contributed by atoms with Gasteiger partial charge in [0, 0.05) is 6.42 Å². The first kappa shape index (κ1) is 50.3. The second-order valence-electron chi connectivity index (χ2n) is 14.4. The number of carbonyl (C=O) groups is 1. The quantitative estimate of drug-likeness (QED) is 0.0437. The van der Waals surface area contributed by atoms with Crippen molar-refractivity contribution < 1.29 is 15.0 Å². The SMILES string of the molecule is CC/C=C\C/C=C\C/C=C\C/C=C\C/C=C\C/C=C\C/C=C\CCCCCCCC(=O)NC(CO)C(O)/C=C/CCCCCCCCCCCCCC. The molecule has 302 valence electrons. The lowest BCUT2D eigenvalue weighted by Gasteiger charge is -2.20. The van der Waals surface area contributed by atoms with Gasteiger partial charge in [0.1, 0.15) is 0 Å². The topological polar surface area (TPSA) is 69.6 Å². The smallest absolute Gasteiger partial charge is 0.220 e. The van der Waals surface area contributed by atoms with Gasteiger partial charge in [-0.3, -0.25) is 4.79 Å². The molecule has 0 aromatic rings. The van der Waals surface area contributed by atoms with Crippen LogP contribution in [0.1, 0.15) is 187 Å². The van der Waals surface area contributed by atoms with Crippen molar-refractivity contribution in [3.8, 4) is 0 Å². The van der Waals surface area contributed by atoms with Gasteiger partial charge < -0.3 is 15.5 Å². The largest absolute Gasteiger partial charge is 0.394 e. The Morgan fingerprint density at radius 1 is 0.472 bits per heavy atom. The van der Waals surface area contributed by atoms with E-state index in [1.165, 1.54) is 83.5 Å². The summed E-state index contributed by atoms with van der Waals surface area (Å²) < 4.78 is 0. The van der Waals surface area contributed by atoms with Crippen LogP contribution in [0.5, 0.6) is 0 Å². The van der Waals surface area contributed by atoms with Crippen LogP contribution in [0.25, 0.3) is 0 Å². The van der Waals surface area contributed by atoms with Crippen LogP contribution >= 0.6 is 0 Å². The predicted octanol–water partition coefficient (Wildman–Crippen LogP) is 13.8. The number of nitrogens with one attached hydrogen (secondary N) is 1. The number of carbonyl (C=O) groups excluding carboxylic acids is 1. The molecular formula is C49H83NO3. The van der Waals surface area contributed by atoms with E-state index in [0.717, 1.165) is 83.5 Å². The number of allylic oxidation sites excluding steroid dienone is 15. The van der Waals surface area contributed by atoms with E-state index in [9.17, 15) is 15.0 Å². The fourth-order valence-corrected chi connectivity index (χ4v) is 5.98. The number of aliphatic hydroxyl groups is 2. The zero-order valence-electron chi connectivity index (χ0n) is 34.5. The molecule has 0 aliphatic heterocycles. The van der Waals surface area contributed by atoms with Crippen LogP contribution in [-0.4, -0.2) is 34.9 Å². The van der Waals surface area contributed by atoms with Crippen molar-refractivity contribution in [3.63, 3.8) is 0 Å². The molecule has 0 saturated heterocycles. The number of hydrogen-bond acceptors (Lipinski definition) is 3. The molecule has 1 amide bonds. The van der Waals surface area contributed by atoms with Gasteiger partial charge in [0.2, 0.25) is 5.91 Å². The lowest BCUT2D eigenvalue weighted by Crippen LogP contribution is -2.45. The minimum Gasteiger partial charge on any atom is -0.394 e. The van der Waals surface area contributed by atoms with Crippen LogP contribution in [0.3, 0.4) is 0 Å². The van der Waals surface area contributed by atoms with Gasteiger partial charge in [-0.2, -0.15) is 0 Å². The lowest BCUT2D eigenvalue weighted by molar-refractivity contribution is -0.123. The van der Waals surface area contributed by atoms with Crippen molar-refractivity contribution in [1.29, 1.82) is 0 Å². The van der Waals surface area contributed by atoms with Crippen LogP contribution < -0.4 is 5.32 Å². The molecule has 0 spiro atoms. The summed E-state index contributed by atoms with van der Waals surface area (Å²) in [4.78, 5) is 12.4. The molecule has 0 bridgehead atoms. The maximum absolute atomic E-state index is 12.4. The number of aliphatic hydroxyl groups excluding tert-OH is 2. The number of unbranched alkanes of at least 4 members (excludes halogenated alkanes) is 17. The third-order valence-corrected chi connectivity index (χ3v) is 9.32. The molecule has 4 heteroatoms. The van der Waals surface area contributed by atoms with Gasteiger partial charge >= 0.3 is 0 Å². The van der Waals surface area contributed by atoms with E-state index in [1.807, 2.05) is 6.08 Å². The zero-order valence-corrected chi connectivity index (χ0v) is 34.5. The Bertz CT molecular complexity index is 1010. The van der Waals surface area contributed by atoms with Crippen LogP contribution in [0.2, 0.25) is 0 Å². The van der Waals surface area contributed by atoms with Crippen molar-refractivity contribution in [3.05, 3.63) is 97.2 Å². The van der Waals surface area contributed by atoms with Gasteiger partial charge in [-0.05, 0) is 77.0 Å². The second kappa shape index (κ2) is 43.7. The Morgan fingerprint density at radius 3 is 1.25 bits per heavy atom. The third-order valence-electron chi connectivity index (χ3n) is 9.32. The number of rotatable bonds is 38. The molecule has 2 unspecified atom stereocenters. The molecule has 53 heavy (non-hydrogen) atoms. The van der Waals surface area contributed by atoms with Crippen LogP contribution in [-0.2, 0) is 4.79 Å². The summed E-state index contributed by atoms with van der Waals surface area (Å²) in [5, 5.41) is 23.0. The molecule has 3 N–H and O–H groups in total. The van der Waals surface area contributed by atoms with Gasteiger partial charge in [-0.15, -0.1) is 0 Å². The molecular weight excluding hydrogens is 651 g/mol. The maximum atomic E-state index is 12.4. The summed E-state index contributed by atoms with van der Waals surface area (Å²) in [5.41, 5.74) is 0. The molecule has 0 radical (unpaired) electrons. The van der Waals surface area contributed by atoms with Gasteiger partial charge in [0.05, 0.1) is 18.8 Å². The highest BCUT2D eigenvalue weighted by Crippen LogP contribution is 2.13. The summed E-state index contributed by atoms with van der Waals surface area (Å²) in [6, 6.07) is -0.638. The van der Waals surface area contributed by atoms with Crippen molar-refractivity contribution in [2.24, 2.45) is 0 Å². The van der Waals surface area contributed by atoms with Gasteiger partial charge in [-0.1, -0.05) is 201 Å². The van der Waals surface area contributed by atoms with Crippen molar-refractivity contribution >= 4 is 5.91 Å². The van der Waals surface area contributed by atoms with Gasteiger partial charge in [-0.25, -0.2) is 0 Å². The van der Waals surface area contributed by atoms with Crippen LogP contribution in [0.4, 0.5) is 0 Å². The van der Waals surface area contributed by atoms with Gasteiger partial charge in [0.15, 0.2) is 0 Å². The Labute approximate surface area is 328 Å². The van der Waals surface area contributed by atoms with E-state index in [-0.39, 0.29) is 12.5 Å². The summed E-state index contributed by atoms with van der Waals surface area (Å²) >= 11 is 0. The standard InChI is InChI=1S/C49H83NO3/c1-3-5-7-9-11-13-15-17-19-20-21-22-23-24-25-26-27-28-29-30-31-33-35-37-39-41-43-45-49(53)50-47(46-51)48(52)44-42-40-38-36-34-32-18-16-14-12-10-8-6-4-2/h5,7,11,13,17,19,21-22,24-25,27-28,30-31,42,44,47-48,51-52H,3-4,6,8-10,12,14-16,18,20,23,26,29,32-41,43,45-46H2,1-2H3,(H,50,53)/b7-5-,13-11-,19-17-,22-21-,25-24-,28-27-,31-30-,44-42+. The summed E-state index contributed by atoms with van der Waals surface area (Å²) in [6.45, 7) is 4.17. The average molecular weight is 734 g/mol. The highest BCUT2D eigenvalue weighted by molar-refractivity contribution is 5.76. The lowest BCUT2D eigenvalue weighted by atomic mass is 10.0. The molecule has 0 heterocycles. The van der Waals surface area contributed by atoms with E-state index < -0.39 is 12.1 Å². The highest BCUT2D eigenvalue weighted by Gasteiger charge is 2.17. The molecule has 0 aromatic carbocycles. The maximum Gasteiger partial charge on any atom is 0.220 e. The minimum atomic E-state index is -0.853. The van der Waals surface area contributed by atoms with Crippen molar-refractivity contribution in [2.75, 3.05) is 6.61 Å². The second-order valence-corrected chi connectivity index (χ2v) is 14.4. The zero-order chi connectivity index (χ0) is 38.6. The third kappa shape index (κ3) is 40.3. The first-order valence-corrected chi connectivity index (χ1v) is 22.0. The van der Waals surface area contributed by atoms with E-state index in [0.29, 0.717) is 6.42 Å². The average Bonchev–Trinajstić information content (AvgIpc) is 3.16. The molecule has 0 fully saturated rings. The fraction of sp³-hybridized carbons (Fsp3) is 0.653. The molecule has 2 atom stereocenters. The Morgan fingerprint density at radius 2 is 0.830 bits per heavy atom. The van der Waals surface area contributed by atoms with Crippen LogP contribution in [0, 0.1) is 0 Å². The van der Waals surface area contributed by atoms with E-state index in [1.54, 1.807) is 6.08 Å². The van der Waals surface area contributed by atoms with E-state index in [2.05, 4.69) is 104 Å². The van der Waals surface area contributed by atoms with Gasteiger partial charge in [0.25, 0.3) is 0 Å². The van der Waals surface area contributed by atoms with E-state index >= 15 is 0 Å². The van der Waals surface area contributed by atoms with Crippen molar-refractivity contribution in [2.45, 2.75) is 199 Å². The summed E-state index contributed by atoms with van der Waals surface area (Å²) in [5.74, 6) is -0.0882. The van der Waals surface area contributed by atoms with Crippen LogP contribution in [0.15, 0.2) is 97.2 Å². The molecule has 0 rings (SSSR count). The normalized spacial score (nSPS) is 14.0. The Kier molecular flexibility index (Phi) is 41.5. The van der Waals surface area contributed by atoms with E-state index in [4.69, 9.17) is 0 Å². The molecule has 0 aliphatic rings. The number of hydrogen-bond donors (Lipinski definition) is 3. The summed E-state index contributed by atoms with van der Waals surface area (Å²) in [6.07, 6.45) is 65.0. The molecule has 0 aromatic heterocycles. The highest BCUT2D eigenvalue weighted by atomic mass is 16.3. The molecule has 0 saturated carbocycles. The predicted molar refractivity (Wildman–Crippen MR) is 234 cm³/mol. The Balaban J connectivity index is 3.70.